The van der Waals surface area contributed by atoms with Crippen LogP contribution in [0.1, 0.15) is 31.2 Å². The van der Waals surface area contributed by atoms with Gasteiger partial charge in [-0.15, -0.1) is 0 Å². The minimum absolute atomic E-state index is 0.0863. The number of para-hydroxylation sites is 1. The molecule has 0 spiro atoms. The number of halogens is 1. The quantitative estimate of drug-likeness (QED) is 0.784. The highest BCUT2D eigenvalue weighted by molar-refractivity contribution is 6.41. The van der Waals surface area contributed by atoms with E-state index in [1.54, 1.807) is 9.80 Å². The summed E-state index contributed by atoms with van der Waals surface area (Å²) in [5.74, 6) is -0.832. The Labute approximate surface area is 176 Å². The van der Waals surface area contributed by atoms with E-state index in [-0.39, 0.29) is 11.5 Å². The Balaban J connectivity index is 1.45. The average molecular weight is 412 g/mol. The van der Waals surface area contributed by atoms with Gasteiger partial charge in [-0.2, -0.15) is 0 Å². The number of carbonyl (C=O) groups is 2. The van der Waals surface area contributed by atoms with Crippen molar-refractivity contribution in [3.05, 3.63) is 65.2 Å². The van der Waals surface area contributed by atoms with Crippen molar-refractivity contribution in [3.8, 4) is 0 Å². The molecule has 2 fully saturated rings. The van der Waals surface area contributed by atoms with E-state index in [0.29, 0.717) is 19.6 Å². The topological polar surface area (TPSA) is 66.6 Å². The van der Waals surface area contributed by atoms with Crippen molar-refractivity contribution in [2.75, 3.05) is 24.5 Å². The van der Waals surface area contributed by atoms with Crippen LogP contribution in [0.4, 0.5) is 5.69 Å². The van der Waals surface area contributed by atoms with Crippen molar-refractivity contribution in [1.82, 2.24) is 4.90 Å². The maximum absolute atomic E-state index is 12.8. The summed E-state index contributed by atoms with van der Waals surface area (Å²) in [4.78, 5) is 28.9. The highest BCUT2D eigenvalue weighted by atomic mass is 35.5. The molecule has 29 heavy (non-hydrogen) atoms. The third kappa shape index (κ3) is 3.77. The van der Waals surface area contributed by atoms with Crippen molar-refractivity contribution in [2.45, 2.75) is 37.1 Å². The smallest absolute Gasteiger partial charge is 0.316 e. The first-order valence-corrected chi connectivity index (χ1v) is 10.6. The molecule has 4 rings (SSSR count). The summed E-state index contributed by atoms with van der Waals surface area (Å²) >= 11 is 6.20. The number of piperazine rings is 1. The molecule has 1 aliphatic carbocycles. The van der Waals surface area contributed by atoms with Gasteiger partial charge in [0.25, 0.3) is 0 Å². The molecule has 1 saturated carbocycles. The van der Waals surface area contributed by atoms with Crippen molar-refractivity contribution in [2.24, 2.45) is 5.73 Å². The van der Waals surface area contributed by atoms with E-state index in [9.17, 15) is 9.59 Å². The largest absolute Gasteiger partial charge is 0.330 e. The second-order valence-corrected chi connectivity index (χ2v) is 8.45. The molecule has 2 amide bonds. The van der Waals surface area contributed by atoms with E-state index >= 15 is 0 Å². The van der Waals surface area contributed by atoms with Crippen LogP contribution in [0.15, 0.2) is 54.6 Å². The Morgan fingerprint density at radius 1 is 0.966 bits per heavy atom. The van der Waals surface area contributed by atoms with Crippen LogP contribution in [-0.2, 0) is 15.0 Å². The van der Waals surface area contributed by atoms with Crippen LogP contribution in [-0.4, -0.2) is 42.4 Å². The van der Waals surface area contributed by atoms with E-state index in [1.165, 1.54) is 5.56 Å². The number of rotatable bonds is 4. The van der Waals surface area contributed by atoms with Crippen LogP contribution in [0.25, 0.3) is 0 Å². The van der Waals surface area contributed by atoms with Gasteiger partial charge < -0.3 is 15.5 Å². The summed E-state index contributed by atoms with van der Waals surface area (Å²) in [5.41, 5.74) is 8.02. The number of anilines is 1. The SMILES string of the molecule is NC[C@]1(c2cccc(Cl)c2)CC[C@H](N2CCN(c3ccccc3)C(=O)C2=O)CC1. The maximum atomic E-state index is 12.8. The molecule has 2 N–H and O–H groups in total. The van der Waals surface area contributed by atoms with Crippen molar-refractivity contribution < 1.29 is 9.59 Å². The van der Waals surface area contributed by atoms with Gasteiger partial charge in [0, 0.05) is 41.8 Å². The molecule has 6 heteroatoms. The number of nitrogens with zero attached hydrogens (tertiary/aromatic N) is 2. The van der Waals surface area contributed by atoms with Crippen molar-refractivity contribution in [3.63, 3.8) is 0 Å². The summed E-state index contributed by atoms with van der Waals surface area (Å²) in [6.07, 6.45) is 3.45. The predicted molar refractivity (Wildman–Crippen MR) is 115 cm³/mol. The first kappa shape index (κ1) is 19.9. The van der Waals surface area contributed by atoms with E-state index in [1.807, 2.05) is 48.5 Å². The van der Waals surface area contributed by atoms with Crippen LogP contribution < -0.4 is 10.6 Å². The lowest BCUT2D eigenvalue weighted by atomic mass is 9.68. The van der Waals surface area contributed by atoms with E-state index in [0.717, 1.165) is 36.4 Å². The van der Waals surface area contributed by atoms with Gasteiger partial charge in [0.05, 0.1) is 0 Å². The molecule has 0 unspecified atom stereocenters. The average Bonchev–Trinajstić information content (AvgIpc) is 2.76. The molecule has 1 aliphatic heterocycles. The molecule has 0 atom stereocenters. The normalized spacial score (nSPS) is 25.4. The van der Waals surface area contributed by atoms with Gasteiger partial charge in [-0.1, -0.05) is 41.9 Å². The van der Waals surface area contributed by atoms with Crippen LogP contribution in [0.3, 0.4) is 0 Å². The fraction of sp³-hybridized carbons (Fsp3) is 0.391. The molecule has 0 bridgehead atoms. The molecule has 5 nitrogen and oxygen atoms in total. The van der Waals surface area contributed by atoms with Gasteiger partial charge >= 0.3 is 11.8 Å². The molecular formula is C23H26ClN3O2. The number of benzene rings is 2. The monoisotopic (exact) mass is 411 g/mol. The lowest BCUT2D eigenvalue weighted by Crippen LogP contribution is -2.58. The molecule has 0 aromatic heterocycles. The zero-order valence-electron chi connectivity index (χ0n) is 16.4. The lowest BCUT2D eigenvalue weighted by Gasteiger charge is -2.45. The summed E-state index contributed by atoms with van der Waals surface area (Å²) < 4.78 is 0. The standard InChI is InChI=1S/C23H26ClN3O2/c24-18-6-4-5-17(15-18)23(16-25)11-9-20(10-12-23)27-14-13-26(21(28)22(27)29)19-7-2-1-3-8-19/h1-8,15,20H,9-14,16,25H2/t20-,23-. The lowest BCUT2D eigenvalue weighted by molar-refractivity contribution is -0.148. The number of carbonyl (C=O) groups excluding carboxylic acids is 2. The molecule has 2 aromatic carbocycles. The van der Waals surface area contributed by atoms with Gasteiger partial charge in [-0.3, -0.25) is 9.59 Å². The summed E-state index contributed by atoms with van der Waals surface area (Å²) in [7, 11) is 0. The number of nitrogens with two attached hydrogens (primary N) is 1. The first-order chi connectivity index (χ1) is 14.0. The fourth-order valence-corrected chi connectivity index (χ4v) is 4.94. The Hall–Kier alpha value is -2.37. The van der Waals surface area contributed by atoms with Gasteiger partial charge in [0.15, 0.2) is 0 Å². The van der Waals surface area contributed by atoms with Crippen LogP contribution in [0, 0.1) is 0 Å². The van der Waals surface area contributed by atoms with Gasteiger partial charge in [0.2, 0.25) is 0 Å². The zero-order chi connectivity index (χ0) is 20.4. The molecule has 2 aromatic rings. The highest BCUT2D eigenvalue weighted by Crippen LogP contribution is 2.41. The molecule has 1 heterocycles. The van der Waals surface area contributed by atoms with Crippen LogP contribution in [0.2, 0.25) is 5.02 Å². The highest BCUT2D eigenvalue weighted by Gasteiger charge is 2.42. The van der Waals surface area contributed by atoms with E-state index < -0.39 is 11.8 Å². The van der Waals surface area contributed by atoms with E-state index in [4.69, 9.17) is 17.3 Å². The van der Waals surface area contributed by atoms with E-state index in [2.05, 4.69) is 6.07 Å². The van der Waals surface area contributed by atoms with Crippen molar-refractivity contribution >= 4 is 29.1 Å². The number of hydrogen-bond donors (Lipinski definition) is 1. The Morgan fingerprint density at radius 2 is 1.69 bits per heavy atom. The predicted octanol–water partition coefficient (Wildman–Crippen LogP) is 3.35. The second-order valence-electron chi connectivity index (χ2n) is 8.02. The van der Waals surface area contributed by atoms with Crippen molar-refractivity contribution in [1.29, 1.82) is 0 Å². The Morgan fingerprint density at radius 3 is 2.34 bits per heavy atom. The van der Waals surface area contributed by atoms with Gasteiger partial charge in [-0.25, -0.2) is 0 Å². The molecule has 152 valence electrons. The summed E-state index contributed by atoms with van der Waals surface area (Å²) in [6, 6.07) is 17.4. The number of hydrogen-bond acceptors (Lipinski definition) is 3. The third-order valence-electron chi connectivity index (χ3n) is 6.50. The molecular weight excluding hydrogens is 386 g/mol. The second kappa shape index (κ2) is 8.17. The molecule has 0 radical (unpaired) electrons. The maximum Gasteiger partial charge on any atom is 0.316 e. The first-order valence-electron chi connectivity index (χ1n) is 10.2. The summed E-state index contributed by atoms with van der Waals surface area (Å²) in [5, 5.41) is 0.718. The Kier molecular flexibility index (Phi) is 5.61. The minimum atomic E-state index is -0.437. The van der Waals surface area contributed by atoms with Gasteiger partial charge in [0.1, 0.15) is 0 Å². The Bertz CT molecular complexity index is 894. The zero-order valence-corrected chi connectivity index (χ0v) is 17.1. The summed E-state index contributed by atoms with van der Waals surface area (Å²) in [6.45, 7) is 1.65. The van der Waals surface area contributed by atoms with Gasteiger partial charge in [-0.05, 0) is 55.5 Å². The molecule has 1 saturated heterocycles. The fourth-order valence-electron chi connectivity index (χ4n) is 4.75. The van der Waals surface area contributed by atoms with Crippen LogP contribution >= 0.6 is 11.6 Å². The minimum Gasteiger partial charge on any atom is -0.330 e. The molecule has 2 aliphatic rings. The van der Waals surface area contributed by atoms with Crippen LogP contribution in [0.5, 0.6) is 0 Å². The number of amides is 2. The third-order valence-corrected chi connectivity index (χ3v) is 6.74.